The molecule has 27 heavy (non-hydrogen) atoms. The predicted octanol–water partition coefficient (Wildman–Crippen LogP) is 4.12. The molecule has 2 saturated heterocycles. The van der Waals surface area contributed by atoms with Gasteiger partial charge in [0.2, 0.25) is 0 Å². The second kappa shape index (κ2) is 7.49. The second-order valence-electron chi connectivity index (χ2n) is 8.58. The van der Waals surface area contributed by atoms with Crippen LogP contribution in [0.2, 0.25) is 0 Å². The highest BCUT2D eigenvalue weighted by molar-refractivity contribution is 5.84. The first-order valence-electron chi connectivity index (χ1n) is 9.54. The van der Waals surface area contributed by atoms with Crippen LogP contribution in [-0.4, -0.2) is 41.6 Å². The number of methoxy groups -OCH3 is 1. The lowest BCUT2D eigenvalue weighted by molar-refractivity contribution is -0.124. The molecule has 2 unspecified atom stereocenters. The Morgan fingerprint density at radius 1 is 1.15 bits per heavy atom. The van der Waals surface area contributed by atoms with Crippen molar-refractivity contribution in [3.8, 4) is 5.75 Å². The fourth-order valence-corrected chi connectivity index (χ4v) is 4.24. The third kappa shape index (κ3) is 4.60. The molecule has 0 N–H and O–H groups in total. The Morgan fingerprint density at radius 2 is 1.78 bits per heavy atom. The van der Waals surface area contributed by atoms with E-state index in [4.69, 9.17) is 9.47 Å². The van der Waals surface area contributed by atoms with Crippen molar-refractivity contribution in [1.82, 2.24) is 4.90 Å². The molecule has 1 amide bonds. The van der Waals surface area contributed by atoms with E-state index < -0.39 is 11.4 Å². The fraction of sp³-hybridized carbons (Fsp3) is 0.619. The van der Waals surface area contributed by atoms with E-state index in [1.807, 2.05) is 25.7 Å². The lowest BCUT2D eigenvalue weighted by Gasteiger charge is -2.39. The Hall–Kier alpha value is -2.11. The minimum absolute atomic E-state index is 0.0506. The summed E-state index contributed by atoms with van der Waals surface area (Å²) in [7, 11) is 1.48. The van der Waals surface area contributed by atoms with Gasteiger partial charge in [0.25, 0.3) is 0 Å². The highest BCUT2D eigenvalue weighted by atomic mass is 19.1. The number of halogens is 1. The van der Waals surface area contributed by atoms with Crippen LogP contribution in [0, 0.1) is 11.7 Å². The molecule has 2 aliphatic rings. The zero-order chi connectivity index (χ0) is 19.8. The minimum atomic E-state index is -0.528. The number of nitrogens with zero attached hydrogens (tertiary/aromatic N) is 1. The Morgan fingerprint density at radius 3 is 2.33 bits per heavy atom. The van der Waals surface area contributed by atoms with E-state index in [-0.39, 0.29) is 36.3 Å². The average molecular weight is 377 g/mol. The smallest absolute Gasteiger partial charge is 0.410 e. The normalized spacial score (nSPS) is 24.6. The van der Waals surface area contributed by atoms with Gasteiger partial charge in [-0.25, -0.2) is 9.18 Å². The summed E-state index contributed by atoms with van der Waals surface area (Å²) in [5, 5.41) is 0. The summed E-state index contributed by atoms with van der Waals surface area (Å²) in [6.07, 6.45) is 3.02. The number of carbonyl (C=O) groups is 2. The Kier molecular flexibility index (Phi) is 5.45. The molecular weight excluding hydrogens is 349 g/mol. The zero-order valence-electron chi connectivity index (χ0n) is 16.5. The van der Waals surface area contributed by atoms with Crippen LogP contribution >= 0.6 is 0 Å². The summed E-state index contributed by atoms with van der Waals surface area (Å²) in [5.74, 6) is 0.00780. The maximum absolute atomic E-state index is 13.7. The maximum Gasteiger partial charge on any atom is 0.410 e. The number of Topliss-reactive ketones (excluding diaryl/α,β-unsaturated/α-hetero) is 1. The van der Waals surface area contributed by atoms with Crippen LogP contribution in [0.1, 0.15) is 52.0 Å². The van der Waals surface area contributed by atoms with Gasteiger partial charge in [-0.1, -0.05) is 0 Å². The van der Waals surface area contributed by atoms with E-state index in [9.17, 15) is 14.0 Å². The van der Waals surface area contributed by atoms with Crippen molar-refractivity contribution in [3.05, 3.63) is 29.6 Å². The molecule has 5 nitrogen and oxygen atoms in total. The van der Waals surface area contributed by atoms with Gasteiger partial charge in [0.15, 0.2) is 0 Å². The molecule has 6 heteroatoms. The van der Waals surface area contributed by atoms with Gasteiger partial charge in [0.05, 0.1) is 7.11 Å². The number of ether oxygens (including phenoxy) is 2. The fourth-order valence-electron chi connectivity index (χ4n) is 4.24. The number of piperidine rings is 1. The average Bonchev–Trinajstić information content (AvgIpc) is 2.83. The predicted molar refractivity (Wildman–Crippen MR) is 99.3 cm³/mol. The van der Waals surface area contributed by atoms with Gasteiger partial charge in [-0.2, -0.15) is 0 Å². The van der Waals surface area contributed by atoms with E-state index >= 15 is 0 Å². The molecule has 0 aromatic heterocycles. The third-order valence-electron chi connectivity index (χ3n) is 5.34. The maximum atomic E-state index is 13.7. The highest BCUT2D eigenvalue weighted by Crippen LogP contribution is 2.40. The van der Waals surface area contributed by atoms with E-state index in [2.05, 4.69) is 0 Å². The Bertz CT molecular complexity index is 713. The number of hydrogen-bond acceptors (Lipinski definition) is 4. The molecule has 148 valence electrons. The van der Waals surface area contributed by atoms with Crippen LogP contribution in [0.5, 0.6) is 5.75 Å². The lowest BCUT2D eigenvalue weighted by Crippen LogP contribution is -2.49. The molecule has 2 aliphatic heterocycles. The van der Waals surface area contributed by atoms with Crippen molar-refractivity contribution >= 4 is 11.9 Å². The first-order chi connectivity index (χ1) is 12.7. The summed E-state index contributed by atoms with van der Waals surface area (Å²) >= 11 is 0. The van der Waals surface area contributed by atoms with Gasteiger partial charge in [-0.05, 0) is 64.2 Å². The third-order valence-corrected chi connectivity index (χ3v) is 5.34. The number of ketones is 1. The summed E-state index contributed by atoms with van der Waals surface area (Å²) < 4.78 is 24.3. The molecule has 1 aromatic rings. The van der Waals surface area contributed by atoms with E-state index in [1.54, 1.807) is 6.07 Å². The van der Waals surface area contributed by atoms with Gasteiger partial charge in [0, 0.05) is 30.5 Å². The largest absolute Gasteiger partial charge is 0.497 e. The molecule has 0 saturated carbocycles. The molecule has 3 rings (SSSR count). The first kappa shape index (κ1) is 19.6. The van der Waals surface area contributed by atoms with E-state index in [1.165, 1.54) is 19.2 Å². The number of hydrogen-bond donors (Lipinski definition) is 0. The number of carbonyl (C=O) groups excluding carboxylic acids is 2. The number of rotatable bonds is 4. The van der Waals surface area contributed by atoms with Crippen LogP contribution < -0.4 is 4.74 Å². The van der Waals surface area contributed by atoms with Crippen molar-refractivity contribution in [2.24, 2.45) is 5.92 Å². The Labute approximate surface area is 159 Å². The molecule has 2 fully saturated rings. The quantitative estimate of drug-likeness (QED) is 0.792. The molecular formula is C21H28FNO4. The number of fused-ring (bicyclic) bond motifs is 2. The molecule has 0 radical (unpaired) electrons. The van der Waals surface area contributed by atoms with Gasteiger partial charge in [-0.3, -0.25) is 4.79 Å². The van der Waals surface area contributed by atoms with Crippen LogP contribution in [0.4, 0.5) is 9.18 Å². The zero-order valence-corrected chi connectivity index (χ0v) is 16.5. The highest BCUT2D eigenvalue weighted by Gasteiger charge is 2.46. The minimum Gasteiger partial charge on any atom is -0.497 e. The molecule has 1 aromatic carbocycles. The van der Waals surface area contributed by atoms with Crippen molar-refractivity contribution in [2.45, 2.75) is 70.6 Å². The van der Waals surface area contributed by atoms with Gasteiger partial charge < -0.3 is 14.4 Å². The van der Waals surface area contributed by atoms with Crippen molar-refractivity contribution in [1.29, 1.82) is 0 Å². The molecule has 0 aliphatic carbocycles. The topological polar surface area (TPSA) is 55.8 Å². The number of amides is 1. The van der Waals surface area contributed by atoms with Crippen molar-refractivity contribution in [3.63, 3.8) is 0 Å². The lowest BCUT2D eigenvalue weighted by atomic mass is 9.85. The van der Waals surface area contributed by atoms with Gasteiger partial charge >= 0.3 is 6.09 Å². The van der Waals surface area contributed by atoms with Crippen LogP contribution in [-0.2, 0) is 16.0 Å². The van der Waals surface area contributed by atoms with Crippen LogP contribution in [0.15, 0.2) is 18.2 Å². The number of benzene rings is 1. The standard InChI is InChI=1S/C21H28FNO4/c1-21(2,3)27-20(25)23-16-5-6-17(23)11-14(10-16)19(24)9-13-7-15(22)12-18(8-13)26-4/h7-8,12,14,16-17H,5-6,9-11H2,1-4H3. The summed E-state index contributed by atoms with van der Waals surface area (Å²) in [4.78, 5) is 27.2. The molecule has 0 spiro atoms. The summed E-state index contributed by atoms with van der Waals surface area (Å²) in [6, 6.07) is 4.48. The van der Waals surface area contributed by atoms with Gasteiger partial charge in [-0.15, -0.1) is 0 Å². The molecule has 2 heterocycles. The van der Waals surface area contributed by atoms with Crippen LogP contribution in [0.3, 0.4) is 0 Å². The van der Waals surface area contributed by atoms with Gasteiger partial charge in [0.1, 0.15) is 23.0 Å². The van der Waals surface area contributed by atoms with E-state index in [0.29, 0.717) is 24.2 Å². The Balaban J connectivity index is 1.65. The molecule has 2 bridgehead atoms. The first-order valence-corrected chi connectivity index (χ1v) is 9.54. The monoisotopic (exact) mass is 377 g/mol. The van der Waals surface area contributed by atoms with Crippen LogP contribution in [0.25, 0.3) is 0 Å². The van der Waals surface area contributed by atoms with E-state index in [0.717, 1.165) is 12.8 Å². The molecule has 2 atom stereocenters. The van der Waals surface area contributed by atoms with Crippen molar-refractivity contribution in [2.75, 3.05) is 7.11 Å². The summed E-state index contributed by atoms with van der Waals surface area (Å²) in [5.41, 5.74) is 0.0957. The van der Waals surface area contributed by atoms with Crippen molar-refractivity contribution < 1.29 is 23.5 Å². The summed E-state index contributed by atoms with van der Waals surface area (Å²) in [6.45, 7) is 5.57. The SMILES string of the molecule is COc1cc(F)cc(CC(=O)C2CC3CCC(C2)N3C(=O)OC(C)(C)C)c1. The second-order valence-corrected chi connectivity index (χ2v) is 8.58.